The van der Waals surface area contributed by atoms with Gasteiger partial charge in [-0.2, -0.15) is 0 Å². The molecule has 2 aromatic carbocycles. The van der Waals surface area contributed by atoms with E-state index < -0.39 is 77.3 Å². The predicted molar refractivity (Wildman–Crippen MR) is 204 cm³/mol. The smallest absolute Gasteiger partial charge is 0.410 e. The highest BCUT2D eigenvalue weighted by Crippen LogP contribution is 2.64. The van der Waals surface area contributed by atoms with Crippen LogP contribution in [0.2, 0.25) is 0 Å². The number of aliphatic hydroxyl groups is 1. The summed E-state index contributed by atoms with van der Waals surface area (Å²) in [6, 6.07) is -2.42. The SMILES string of the molecule is COc1c(C)cc2c(c1O)[C@H]1[C@@H]3[C@@H]4SCC(NC(=O)[C@@H]5CCCN5C(=O)OC(C)(C)C)C(=O)OC[C@H](c5c6c(c(C)c(OC(C)=O)c54)OCO6)N3[C@@H](O)[C@H](C2)N1C. The van der Waals surface area contributed by atoms with Crippen molar-refractivity contribution in [3.8, 4) is 28.7 Å². The zero-order valence-corrected chi connectivity index (χ0v) is 34.2. The van der Waals surface area contributed by atoms with Crippen molar-refractivity contribution in [1.82, 2.24) is 20.0 Å². The average molecular weight is 811 g/mol. The average Bonchev–Trinajstić information content (AvgIpc) is 3.83. The van der Waals surface area contributed by atoms with E-state index in [2.05, 4.69) is 10.2 Å². The highest BCUT2D eigenvalue weighted by atomic mass is 32.2. The molecular weight excluding hydrogens is 761 g/mol. The number of aryl methyl sites for hydroxylation is 1. The summed E-state index contributed by atoms with van der Waals surface area (Å²) in [7, 11) is 3.43. The number of esters is 2. The second-order valence-electron chi connectivity index (χ2n) is 16.6. The van der Waals surface area contributed by atoms with Crippen LogP contribution >= 0.6 is 11.8 Å². The van der Waals surface area contributed by atoms with E-state index in [9.17, 15) is 29.4 Å². The number of phenolic OH excluding ortho intramolecular Hbond substituents is 1. The van der Waals surface area contributed by atoms with Crippen LogP contribution in [0.3, 0.4) is 0 Å². The molecule has 7 aliphatic rings. The number of benzene rings is 2. The van der Waals surface area contributed by atoms with Gasteiger partial charge in [-0.05, 0) is 72.1 Å². The highest BCUT2D eigenvalue weighted by Gasteiger charge is 2.60. The number of hydrogen-bond donors (Lipinski definition) is 3. The zero-order chi connectivity index (χ0) is 40.8. The van der Waals surface area contributed by atoms with Gasteiger partial charge in [0.2, 0.25) is 12.7 Å². The summed E-state index contributed by atoms with van der Waals surface area (Å²) in [5.74, 6) is -0.317. The normalized spacial score (nSPS) is 29.1. The number of likely N-dealkylation sites (N-methyl/N-ethyl adjacent to an activating group) is 1. The van der Waals surface area contributed by atoms with Crippen LogP contribution in [0.1, 0.15) is 91.3 Å². The minimum atomic E-state index is -1.14. The monoisotopic (exact) mass is 810 g/mol. The van der Waals surface area contributed by atoms with Gasteiger partial charge in [0, 0.05) is 47.5 Å². The number of ether oxygens (including phenoxy) is 6. The number of rotatable bonds is 4. The number of carbonyl (C=O) groups excluding carboxylic acids is 4. The fourth-order valence-electron chi connectivity index (χ4n) is 9.72. The lowest BCUT2D eigenvalue weighted by Gasteiger charge is -2.62. The fourth-order valence-corrected chi connectivity index (χ4v) is 11.2. The number of methoxy groups -OCH3 is 1. The highest BCUT2D eigenvalue weighted by molar-refractivity contribution is 7.99. The zero-order valence-electron chi connectivity index (χ0n) is 33.4. The van der Waals surface area contributed by atoms with Crippen LogP contribution in [0.15, 0.2) is 6.07 Å². The minimum absolute atomic E-state index is 0.00185. The third-order valence-corrected chi connectivity index (χ3v) is 13.4. The number of aliphatic hydroxyl groups excluding tert-OH is 1. The molecule has 308 valence electrons. The van der Waals surface area contributed by atoms with Gasteiger partial charge in [0.05, 0.1) is 30.5 Å². The molecule has 1 unspecified atom stereocenters. The van der Waals surface area contributed by atoms with Gasteiger partial charge in [-0.3, -0.25) is 24.3 Å². The molecule has 3 N–H and O–H groups in total. The van der Waals surface area contributed by atoms with Crippen LogP contribution in [0.25, 0.3) is 0 Å². The summed E-state index contributed by atoms with van der Waals surface area (Å²) >= 11 is 1.33. The number of carbonyl (C=O) groups is 4. The molecule has 0 aliphatic carbocycles. The van der Waals surface area contributed by atoms with E-state index in [4.69, 9.17) is 28.4 Å². The number of fused-ring (bicyclic) bond motifs is 10. The second-order valence-corrected chi connectivity index (χ2v) is 17.8. The molecule has 0 aromatic heterocycles. The van der Waals surface area contributed by atoms with Gasteiger partial charge >= 0.3 is 18.0 Å². The Morgan fingerprint density at radius 1 is 1.05 bits per heavy atom. The van der Waals surface area contributed by atoms with Crippen LogP contribution in [-0.4, -0.2) is 125 Å². The van der Waals surface area contributed by atoms with Crippen molar-refractivity contribution in [3.05, 3.63) is 39.4 Å². The predicted octanol–water partition coefficient (Wildman–Crippen LogP) is 3.54. The molecule has 4 bridgehead atoms. The van der Waals surface area contributed by atoms with Gasteiger partial charge in [-0.25, -0.2) is 9.59 Å². The number of phenols is 1. The lowest BCUT2D eigenvalue weighted by Crippen LogP contribution is -2.69. The number of aromatic hydroxyl groups is 1. The van der Waals surface area contributed by atoms with Crippen molar-refractivity contribution in [1.29, 1.82) is 0 Å². The summed E-state index contributed by atoms with van der Waals surface area (Å²) < 4.78 is 35.5. The molecule has 8 atom stereocenters. The fraction of sp³-hybridized carbons (Fsp3) is 0.600. The van der Waals surface area contributed by atoms with E-state index >= 15 is 0 Å². The number of hydrogen-bond acceptors (Lipinski definition) is 15. The molecule has 2 aromatic rings. The molecule has 0 spiro atoms. The summed E-state index contributed by atoms with van der Waals surface area (Å²) in [6.45, 7) is 10.2. The van der Waals surface area contributed by atoms with E-state index in [1.807, 2.05) is 24.9 Å². The Morgan fingerprint density at radius 3 is 2.49 bits per heavy atom. The van der Waals surface area contributed by atoms with Gasteiger partial charge in [0.15, 0.2) is 23.0 Å². The van der Waals surface area contributed by atoms with Crippen molar-refractivity contribution in [3.63, 3.8) is 0 Å². The van der Waals surface area contributed by atoms with Crippen molar-refractivity contribution in [2.24, 2.45) is 0 Å². The third kappa shape index (κ3) is 6.41. The molecule has 0 saturated carbocycles. The van der Waals surface area contributed by atoms with Crippen molar-refractivity contribution in [2.45, 2.75) is 114 Å². The first-order chi connectivity index (χ1) is 27.0. The standard InChI is InChI=1S/C40H50N4O12S/c1-17-12-20-13-23-37(48)44-24-14-52-38(49)21(41-36(47)22-10-9-11-43(22)39(50)56-40(4,5)6)15-57-35(29(44)28(42(23)7)25(20)30(46)31(17)51-8)27-26(24)34-33(53-16-54-34)18(2)32(27)55-19(3)45/h12,21-24,28-29,35,37,46,48H,9-11,13-16H2,1-8H3,(H,41,47)/t21?,22-,23-,24+,28-,29+,35+,37-/m0/s1. The Kier molecular flexibility index (Phi) is 9.97. The molecule has 9 rings (SSSR count). The molecule has 3 fully saturated rings. The van der Waals surface area contributed by atoms with E-state index in [-0.39, 0.29) is 30.7 Å². The Bertz CT molecular complexity index is 2040. The third-order valence-electron chi connectivity index (χ3n) is 12.0. The topological polar surface area (TPSA) is 186 Å². The van der Waals surface area contributed by atoms with Crippen LogP contribution in [0.5, 0.6) is 28.7 Å². The van der Waals surface area contributed by atoms with Crippen molar-refractivity contribution >= 4 is 35.7 Å². The Labute approximate surface area is 335 Å². The van der Waals surface area contributed by atoms with Crippen molar-refractivity contribution < 1.29 is 57.8 Å². The summed E-state index contributed by atoms with van der Waals surface area (Å²) in [5.41, 5.74) is 3.25. The van der Waals surface area contributed by atoms with Crippen LogP contribution < -0.4 is 24.3 Å². The first kappa shape index (κ1) is 39.4. The van der Waals surface area contributed by atoms with Crippen LogP contribution in [0, 0.1) is 13.8 Å². The van der Waals surface area contributed by atoms with E-state index in [0.29, 0.717) is 65.3 Å². The lowest BCUT2D eigenvalue weighted by atomic mass is 9.73. The molecule has 2 amide bonds. The Hall–Kier alpha value is -4.45. The molecule has 16 nitrogen and oxygen atoms in total. The summed E-state index contributed by atoms with van der Waals surface area (Å²) in [5, 5.41) is 26.7. The largest absolute Gasteiger partial charge is 0.504 e. The maximum atomic E-state index is 14.1. The minimum Gasteiger partial charge on any atom is -0.504 e. The summed E-state index contributed by atoms with van der Waals surface area (Å²) in [4.78, 5) is 59.4. The molecule has 3 saturated heterocycles. The molecule has 17 heteroatoms. The number of nitrogens with zero attached hydrogens (tertiary/aromatic N) is 3. The molecule has 7 heterocycles. The maximum absolute atomic E-state index is 14.1. The Balaban J connectivity index is 1.26. The lowest BCUT2D eigenvalue weighted by molar-refractivity contribution is -0.184. The molecule has 0 radical (unpaired) electrons. The number of amides is 2. The van der Waals surface area contributed by atoms with Gasteiger partial charge in [-0.1, -0.05) is 6.07 Å². The van der Waals surface area contributed by atoms with Gasteiger partial charge in [-0.15, -0.1) is 11.8 Å². The summed E-state index contributed by atoms with van der Waals surface area (Å²) in [6.07, 6.45) is -0.287. The number of thioether (sulfide) groups is 1. The van der Waals surface area contributed by atoms with Gasteiger partial charge < -0.3 is 44.0 Å². The van der Waals surface area contributed by atoms with Crippen molar-refractivity contribution in [2.75, 3.05) is 39.9 Å². The first-order valence-corrected chi connectivity index (χ1v) is 20.4. The number of nitrogens with one attached hydrogen (secondary N) is 1. The first-order valence-electron chi connectivity index (χ1n) is 19.3. The molecule has 7 aliphatic heterocycles. The second kappa shape index (κ2) is 14.4. The van der Waals surface area contributed by atoms with Gasteiger partial charge in [0.25, 0.3) is 0 Å². The Morgan fingerprint density at radius 2 is 1.79 bits per heavy atom. The van der Waals surface area contributed by atoms with Crippen LogP contribution in [-0.2, 0) is 30.3 Å². The van der Waals surface area contributed by atoms with E-state index in [1.165, 1.54) is 30.7 Å². The van der Waals surface area contributed by atoms with Crippen LogP contribution in [0.4, 0.5) is 4.79 Å². The maximum Gasteiger partial charge on any atom is 0.410 e. The number of piperazine rings is 1. The number of likely N-dealkylation sites (tertiary alicyclic amines) is 1. The quantitative estimate of drug-likeness (QED) is 0.301. The van der Waals surface area contributed by atoms with E-state index in [0.717, 1.165) is 11.1 Å². The molecule has 57 heavy (non-hydrogen) atoms. The van der Waals surface area contributed by atoms with E-state index in [1.54, 1.807) is 27.7 Å². The molecular formula is C40H50N4O12S. The van der Waals surface area contributed by atoms with Gasteiger partial charge in [0.1, 0.15) is 36.3 Å².